The van der Waals surface area contributed by atoms with Crippen LogP contribution in [0.5, 0.6) is 0 Å². The number of hydrogen-bond donors (Lipinski definition) is 1. The highest BCUT2D eigenvalue weighted by Gasteiger charge is 2.22. The minimum atomic E-state index is -0.184. The summed E-state index contributed by atoms with van der Waals surface area (Å²) in [5.41, 5.74) is 1.00. The summed E-state index contributed by atoms with van der Waals surface area (Å²) in [5, 5.41) is 3.46. The SMILES string of the molecule is CCNC(Cc1ccc(F)cc1)CC(C)(C)OC. The van der Waals surface area contributed by atoms with E-state index in [1.807, 2.05) is 12.1 Å². The van der Waals surface area contributed by atoms with Crippen molar-refractivity contribution in [3.8, 4) is 0 Å². The van der Waals surface area contributed by atoms with Crippen LogP contribution in [0.3, 0.4) is 0 Å². The van der Waals surface area contributed by atoms with E-state index in [0.717, 1.165) is 24.9 Å². The predicted octanol–water partition coefficient (Wildman–Crippen LogP) is 3.16. The maximum absolute atomic E-state index is 12.9. The molecule has 1 aromatic carbocycles. The lowest BCUT2D eigenvalue weighted by Gasteiger charge is -2.29. The van der Waals surface area contributed by atoms with Crippen LogP contribution in [0.2, 0.25) is 0 Å². The molecular formula is C15H24FNO. The molecule has 0 aliphatic heterocycles. The van der Waals surface area contributed by atoms with Gasteiger partial charge in [0.2, 0.25) is 0 Å². The van der Waals surface area contributed by atoms with Crippen LogP contribution >= 0.6 is 0 Å². The van der Waals surface area contributed by atoms with E-state index in [1.165, 1.54) is 12.1 Å². The Kier molecular flexibility index (Phi) is 5.76. The third kappa shape index (κ3) is 5.15. The van der Waals surface area contributed by atoms with Gasteiger partial charge in [-0.2, -0.15) is 0 Å². The Balaban J connectivity index is 2.65. The topological polar surface area (TPSA) is 21.3 Å². The second-order valence-electron chi connectivity index (χ2n) is 5.25. The molecule has 0 spiro atoms. The molecule has 1 rings (SSSR count). The lowest BCUT2D eigenvalue weighted by molar-refractivity contribution is 0.00726. The van der Waals surface area contributed by atoms with Crippen molar-refractivity contribution in [2.75, 3.05) is 13.7 Å². The Morgan fingerprint density at radius 2 is 1.89 bits per heavy atom. The molecule has 0 amide bonds. The second kappa shape index (κ2) is 6.86. The average molecular weight is 253 g/mol. The highest BCUT2D eigenvalue weighted by molar-refractivity contribution is 5.17. The highest BCUT2D eigenvalue weighted by Crippen LogP contribution is 2.18. The molecule has 18 heavy (non-hydrogen) atoms. The monoisotopic (exact) mass is 253 g/mol. The highest BCUT2D eigenvalue weighted by atomic mass is 19.1. The molecule has 1 aromatic rings. The molecule has 1 N–H and O–H groups in total. The molecule has 0 aliphatic carbocycles. The van der Waals surface area contributed by atoms with E-state index in [1.54, 1.807) is 7.11 Å². The first-order chi connectivity index (χ1) is 8.46. The molecule has 0 heterocycles. The van der Waals surface area contributed by atoms with Crippen molar-refractivity contribution in [2.45, 2.75) is 45.3 Å². The van der Waals surface area contributed by atoms with Crippen molar-refractivity contribution in [3.05, 3.63) is 35.6 Å². The molecular weight excluding hydrogens is 229 g/mol. The van der Waals surface area contributed by atoms with Crippen LogP contribution in [0, 0.1) is 5.82 Å². The van der Waals surface area contributed by atoms with Gasteiger partial charge in [-0.1, -0.05) is 19.1 Å². The molecule has 102 valence electrons. The maximum atomic E-state index is 12.9. The lowest BCUT2D eigenvalue weighted by Crippen LogP contribution is -2.39. The van der Waals surface area contributed by atoms with Crippen LogP contribution in [-0.4, -0.2) is 25.3 Å². The summed E-state index contributed by atoms with van der Waals surface area (Å²) in [6.45, 7) is 7.19. The first-order valence-corrected chi connectivity index (χ1v) is 6.50. The first-order valence-electron chi connectivity index (χ1n) is 6.50. The summed E-state index contributed by atoms with van der Waals surface area (Å²) in [4.78, 5) is 0. The van der Waals surface area contributed by atoms with Crippen molar-refractivity contribution in [2.24, 2.45) is 0 Å². The van der Waals surface area contributed by atoms with Crippen LogP contribution < -0.4 is 5.32 Å². The van der Waals surface area contributed by atoms with Gasteiger partial charge in [-0.3, -0.25) is 0 Å². The first kappa shape index (κ1) is 15.1. The van der Waals surface area contributed by atoms with Gasteiger partial charge in [0.15, 0.2) is 0 Å². The summed E-state index contributed by atoms with van der Waals surface area (Å²) in [7, 11) is 1.74. The fraction of sp³-hybridized carbons (Fsp3) is 0.600. The number of benzene rings is 1. The van der Waals surface area contributed by atoms with Crippen LogP contribution in [0.15, 0.2) is 24.3 Å². The normalized spacial score (nSPS) is 13.6. The summed E-state index contributed by atoms with van der Waals surface area (Å²) >= 11 is 0. The molecule has 3 heteroatoms. The molecule has 0 radical (unpaired) electrons. The van der Waals surface area contributed by atoms with E-state index in [9.17, 15) is 4.39 Å². The molecule has 0 saturated heterocycles. The van der Waals surface area contributed by atoms with Crippen molar-refractivity contribution < 1.29 is 9.13 Å². The number of hydrogen-bond acceptors (Lipinski definition) is 2. The van der Waals surface area contributed by atoms with Gasteiger partial charge >= 0.3 is 0 Å². The third-order valence-electron chi connectivity index (χ3n) is 3.18. The summed E-state index contributed by atoms with van der Waals surface area (Å²) < 4.78 is 18.3. The van der Waals surface area contributed by atoms with Gasteiger partial charge < -0.3 is 10.1 Å². The minimum absolute atomic E-state index is 0.146. The average Bonchev–Trinajstić information content (AvgIpc) is 2.32. The lowest BCUT2D eigenvalue weighted by atomic mass is 9.94. The predicted molar refractivity (Wildman–Crippen MR) is 73.3 cm³/mol. The number of methoxy groups -OCH3 is 1. The van der Waals surface area contributed by atoms with Gasteiger partial charge in [-0.25, -0.2) is 4.39 Å². The third-order valence-corrected chi connectivity index (χ3v) is 3.18. The number of likely N-dealkylation sites (N-methyl/N-ethyl adjacent to an activating group) is 1. The fourth-order valence-corrected chi connectivity index (χ4v) is 2.09. The van der Waals surface area contributed by atoms with Crippen molar-refractivity contribution in [3.63, 3.8) is 0 Å². The number of ether oxygens (including phenoxy) is 1. The van der Waals surface area contributed by atoms with E-state index in [0.29, 0.717) is 6.04 Å². The van der Waals surface area contributed by atoms with Crippen molar-refractivity contribution >= 4 is 0 Å². The Morgan fingerprint density at radius 1 is 1.28 bits per heavy atom. The van der Waals surface area contributed by atoms with E-state index >= 15 is 0 Å². The van der Waals surface area contributed by atoms with Crippen molar-refractivity contribution in [1.29, 1.82) is 0 Å². The van der Waals surface area contributed by atoms with Gasteiger partial charge in [-0.05, 0) is 50.9 Å². The Bertz CT molecular complexity index is 348. The van der Waals surface area contributed by atoms with Crippen LogP contribution in [0.25, 0.3) is 0 Å². The standard InChI is InChI=1S/C15H24FNO/c1-5-17-14(11-15(2,3)18-4)10-12-6-8-13(16)9-7-12/h6-9,14,17H,5,10-11H2,1-4H3. The summed E-state index contributed by atoms with van der Waals surface area (Å²) in [6.07, 6.45) is 1.82. The fourth-order valence-electron chi connectivity index (χ4n) is 2.09. The zero-order chi connectivity index (χ0) is 13.6. The summed E-state index contributed by atoms with van der Waals surface area (Å²) in [6, 6.07) is 7.06. The van der Waals surface area contributed by atoms with E-state index in [-0.39, 0.29) is 11.4 Å². The van der Waals surface area contributed by atoms with Gasteiger partial charge in [0, 0.05) is 13.2 Å². The molecule has 2 nitrogen and oxygen atoms in total. The molecule has 1 atom stereocenters. The van der Waals surface area contributed by atoms with Crippen LogP contribution in [-0.2, 0) is 11.2 Å². The van der Waals surface area contributed by atoms with Crippen LogP contribution in [0.4, 0.5) is 4.39 Å². The molecule has 0 fully saturated rings. The number of rotatable bonds is 7. The molecule has 0 bridgehead atoms. The second-order valence-corrected chi connectivity index (χ2v) is 5.25. The molecule has 0 aliphatic rings. The molecule has 1 unspecified atom stereocenters. The Hall–Kier alpha value is -0.930. The van der Waals surface area contributed by atoms with Gasteiger partial charge in [0.05, 0.1) is 5.60 Å². The molecule has 0 aromatic heterocycles. The zero-order valence-electron chi connectivity index (χ0n) is 11.8. The smallest absolute Gasteiger partial charge is 0.123 e. The van der Waals surface area contributed by atoms with Crippen molar-refractivity contribution in [1.82, 2.24) is 5.32 Å². The summed E-state index contributed by atoms with van der Waals surface area (Å²) in [5.74, 6) is -0.184. The maximum Gasteiger partial charge on any atom is 0.123 e. The zero-order valence-corrected chi connectivity index (χ0v) is 11.8. The van der Waals surface area contributed by atoms with Gasteiger partial charge in [-0.15, -0.1) is 0 Å². The van der Waals surface area contributed by atoms with Crippen LogP contribution in [0.1, 0.15) is 32.8 Å². The number of halogens is 1. The van der Waals surface area contributed by atoms with E-state index in [4.69, 9.17) is 4.74 Å². The van der Waals surface area contributed by atoms with Gasteiger partial charge in [0.1, 0.15) is 5.82 Å². The van der Waals surface area contributed by atoms with Gasteiger partial charge in [0.25, 0.3) is 0 Å². The van der Waals surface area contributed by atoms with E-state index in [2.05, 4.69) is 26.1 Å². The Morgan fingerprint density at radius 3 is 2.39 bits per heavy atom. The Labute approximate surface area is 110 Å². The minimum Gasteiger partial charge on any atom is -0.379 e. The largest absolute Gasteiger partial charge is 0.379 e. The molecule has 0 saturated carbocycles. The number of nitrogens with one attached hydrogen (secondary N) is 1. The quantitative estimate of drug-likeness (QED) is 0.806. The van der Waals surface area contributed by atoms with E-state index < -0.39 is 0 Å².